The van der Waals surface area contributed by atoms with Crippen LogP contribution in [-0.2, 0) is 4.43 Å². The third kappa shape index (κ3) is 5.85. The summed E-state index contributed by atoms with van der Waals surface area (Å²) in [6.07, 6.45) is 1.16. The van der Waals surface area contributed by atoms with Crippen LogP contribution in [0, 0.1) is 0 Å². The third-order valence-corrected chi connectivity index (χ3v) is 1.75. The molecule has 0 aromatic carbocycles. The highest BCUT2D eigenvalue weighted by Gasteiger charge is 2.13. The predicted octanol–water partition coefficient (Wildman–Crippen LogP) is 3.22. The molecular formula is C8H15FOSi. The number of allylic oxidation sites excluding steroid dienone is 2. The van der Waals surface area contributed by atoms with Gasteiger partial charge in [-0.05, 0) is 32.1 Å². The van der Waals surface area contributed by atoms with Crippen LogP contribution in [0.4, 0.5) is 4.39 Å². The topological polar surface area (TPSA) is 9.23 Å². The Labute approximate surface area is 68.7 Å². The maximum absolute atomic E-state index is 12.7. The van der Waals surface area contributed by atoms with E-state index in [2.05, 4.69) is 6.58 Å². The second-order valence-electron chi connectivity index (χ2n) is 3.48. The molecule has 0 radical (unpaired) electrons. The lowest BCUT2D eigenvalue weighted by molar-refractivity contribution is 0.451. The molecule has 0 rings (SSSR count). The Morgan fingerprint density at radius 1 is 1.45 bits per heavy atom. The van der Waals surface area contributed by atoms with E-state index in [1.165, 1.54) is 0 Å². The van der Waals surface area contributed by atoms with Crippen LogP contribution >= 0.6 is 0 Å². The van der Waals surface area contributed by atoms with Gasteiger partial charge in [-0.2, -0.15) is 0 Å². The smallest absolute Gasteiger partial charge is 0.241 e. The molecule has 0 N–H and O–H groups in total. The van der Waals surface area contributed by atoms with Crippen LogP contribution in [-0.4, -0.2) is 8.32 Å². The molecule has 0 heterocycles. The third-order valence-electron chi connectivity index (χ3n) is 0.924. The van der Waals surface area contributed by atoms with Gasteiger partial charge in [0, 0.05) is 0 Å². The van der Waals surface area contributed by atoms with Crippen molar-refractivity contribution in [3.8, 4) is 0 Å². The molecule has 64 valence electrons. The Morgan fingerprint density at radius 3 is 2.18 bits per heavy atom. The summed E-state index contributed by atoms with van der Waals surface area (Å²) in [7, 11) is -1.62. The maximum Gasteiger partial charge on any atom is 0.241 e. The van der Waals surface area contributed by atoms with Crippen molar-refractivity contribution in [3.63, 3.8) is 0 Å². The highest BCUT2D eigenvalue weighted by molar-refractivity contribution is 6.69. The van der Waals surface area contributed by atoms with E-state index < -0.39 is 8.32 Å². The Morgan fingerprint density at radius 2 is 1.91 bits per heavy atom. The van der Waals surface area contributed by atoms with Crippen molar-refractivity contribution >= 4 is 8.32 Å². The lowest BCUT2D eigenvalue weighted by atomic mass is 10.3. The highest BCUT2D eigenvalue weighted by Crippen LogP contribution is 2.11. The quantitative estimate of drug-likeness (QED) is 0.362. The van der Waals surface area contributed by atoms with Gasteiger partial charge in [0.25, 0.3) is 0 Å². The monoisotopic (exact) mass is 174 g/mol. The van der Waals surface area contributed by atoms with Gasteiger partial charge in [-0.1, -0.05) is 6.58 Å². The van der Waals surface area contributed by atoms with Gasteiger partial charge in [0.2, 0.25) is 8.32 Å². The van der Waals surface area contributed by atoms with Gasteiger partial charge in [-0.3, -0.25) is 0 Å². The molecule has 0 amide bonds. The van der Waals surface area contributed by atoms with E-state index in [0.717, 1.165) is 6.26 Å². The summed E-state index contributed by atoms with van der Waals surface area (Å²) in [4.78, 5) is 0. The Kier molecular flexibility index (Phi) is 3.52. The molecule has 1 nitrogen and oxygen atoms in total. The van der Waals surface area contributed by atoms with Crippen molar-refractivity contribution in [2.24, 2.45) is 0 Å². The SMILES string of the molecule is C=C(C)/C(F)=C/O[Si](C)(C)C. The van der Waals surface area contributed by atoms with E-state index >= 15 is 0 Å². The first kappa shape index (κ1) is 10.4. The molecule has 0 aromatic heterocycles. The van der Waals surface area contributed by atoms with E-state index in [1.807, 2.05) is 19.6 Å². The van der Waals surface area contributed by atoms with Crippen LogP contribution in [0.5, 0.6) is 0 Å². The van der Waals surface area contributed by atoms with Gasteiger partial charge < -0.3 is 4.43 Å². The number of halogens is 1. The summed E-state index contributed by atoms with van der Waals surface area (Å²) in [5.41, 5.74) is 0.406. The zero-order chi connectivity index (χ0) is 9.07. The average molecular weight is 174 g/mol. The zero-order valence-electron chi connectivity index (χ0n) is 7.57. The Balaban J connectivity index is 4.04. The molecule has 0 unspecified atom stereocenters. The minimum atomic E-state index is -1.62. The van der Waals surface area contributed by atoms with Gasteiger partial charge in [0.05, 0.1) is 0 Å². The lowest BCUT2D eigenvalue weighted by Crippen LogP contribution is -2.22. The summed E-state index contributed by atoms with van der Waals surface area (Å²) < 4.78 is 17.9. The Bertz CT molecular complexity index is 179. The summed E-state index contributed by atoms with van der Waals surface area (Å²) in [6, 6.07) is 0. The summed E-state index contributed by atoms with van der Waals surface area (Å²) in [6.45, 7) is 11.0. The number of hydrogen-bond acceptors (Lipinski definition) is 1. The number of hydrogen-bond donors (Lipinski definition) is 0. The summed E-state index contributed by atoms with van der Waals surface area (Å²) in [5, 5.41) is 0. The normalized spacial score (nSPS) is 13.0. The van der Waals surface area contributed by atoms with Crippen molar-refractivity contribution in [2.75, 3.05) is 0 Å². The van der Waals surface area contributed by atoms with Gasteiger partial charge in [0.15, 0.2) is 5.83 Å². The maximum atomic E-state index is 12.7. The van der Waals surface area contributed by atoms with E-state index in [-0.39, 0.29) is 5.83 Å². The minimum absolute atomic E-state index is 0.368. The molecule has 0 bridgehead atoms. The lowest BCUT2D eigenvalue weighted by Gasteiger charge is -2.14. The Hall–Kier alpha value is -0.573. The van der Waals surface area contributed by atoms with Gasteiger partial charge in [0.1, 0.15) is 6.26 Å². The standard InChI is InChI=1S/C8H15FOSi/c1-7(2)8(9)6-10-11(3,4)5/h6H,1H2,2-5H3/b8-6-. The molecule has 0 aromatic rings. The molecule has 0 saturated carbocycles. The van der Waals surface area contributed by atoms with Gasteiger partial charge in [-0.25, -0.2) is 4.39 Å². The molecule has 0 aliphatic rings. The second-order valence-corrected chi connectivity index (χ2v) is 7.94. The second kappa shape index (κ2) is 3.71. The first-order valence-electron chi connectivity index (χ1n) is 3.52. The van der Waals surface area contributed by atoms with Crippen molar-refractivity contribution in [1.29, 1.82) is 0 Å². The van der Waals surface area contributed by atoms with Crippen LogP contribution in [0.15, 0.2) is 24.2 Å². The molecular weight excluding hydrogens is 159 g/mol. The van der Waals surface area contributed by atoms with E-state index in [4.69, 9.17) is 4.43 Å². The molecule has 0 fully saturated rings. The average Bonchev–Trinajstić information content (AvgIpc) is 1.80. The van der Waals surface area contributed by atoms with Crippen LogP contribution in [0.3, 0.4) is 0 Å². The molecule has 0 aliphatic carbocycles. The fourth-order valence-corrected chi connectivity index (χ4v) is 0.786. The number of rotatable bonds is 3. The van der Waals surface area contributed by atoms with E-state index in [1.54, 1.807) is 6.92 Å². The van der Waals surface area contributed by atoms with E-state index in [0.29, 0.717) is 5.57 Å². The van der Waals surface area contributed by atoms with Crippen LogP contribution < -0.4 is 0 Å². The van der Waals surface area contributed by atoms with Crippen LogP contribution in [0.2, 0.25) is 19.6 Å². The molecule has 0 atom stereocenters. The van der Waals surface area contributed by atoms with Crippen molar-refractivity contribution in [3.05, 3.63) is 24.2 Å². The fourth-order valence-electron chi connectivity index (χ4n) is 0.329. The van der Waals surface area contributed by atoms with Gasteiger partial charge in [-0.15, -0.1) is 0 Å². The molecule has 3 heteroatoms. The largest absolute Gasteiger partial charge is 0.547 e. The van der Waals surface area contributed by atoms with Gasteiger partial charge >= 0.3 is 0 Å². The van der Waals surface area contributed by atoms with Crippen molar-refractivity contribution < 1.29 is 8.82 Å². The first-order chi connectivity index (χ1) is 4.83. The molecule has 11 heavy (non-hydrogen) atoms. The van der Waals surface area contributed by atoms with Crippen molar-refractivity contribution in [2.45, 2.75) is 26.6 Å². The summed E-state index contributed by atoms with van der Waals surface area (Å²) >= 11 is 0. The van der Waals surface area contributed by atoms with Crippen LogP contribution in [0.25, 0.3) is 0 Å². The molecule has 0 saturated heterocycles. The fraction of sp³-hybridized carbons (Fsp3) is 0.500. The first-order valence-corrected chi connectivity index (χ1v) is 6.93. The van der Waals surface area contributed by atoms with E-state index in [9.17, 15) is 4.39 Å². The predicted molar refractivity (Wildman–Crippen MR) is 48.4 cm³/mol. The zero-order valence-corrected chi connectivity index (χ0v) is 8.57. The molecule has 0 spiro atoms. The minimum Gasteiger partial charge on any atom is -0.547 e. The highest BCUT2D eigenvalue weighted by atomic mass is 28.4. The molecule has 0 aliphatic heterocycles. The van der Waals surface area contributed by atoms with Crippen LogP contribution in [0.1, 0.15) is 6.92 Å². The summed E-state index contributed by atoms with van der Waals surface area (Å²) in [5.74, 6) is -0.368. The van der Waals surface area contributed by atoms with Crippen molar-refractivity contribution in [1.82, 2.24) is 0 Å².